The van der Waals surface area contributed by atoms with Gasteiger partial charge in [0.1, 0.15) is 6.54 Å². The zero-order chi connectivity index (χ0) is 11.7. The molecule has 16 heavy (non-hydrogen) atoms. The molecule has 5 heteroatoms. The number of imide groups is 1. The predicted octanol–water partition coefficient (Wildman–Crippen LogP) is 2.13. The third-order valence-electron chi connectivity index (χ3n) is 2.51. The molecule has 1 aromatic rings. The molecule has 1 aliphatic rings. The highest BCUT2D eigenvalue weighted by Gasteiger charge is 2.36. The summed E-state index contributed by atoms with van der Waals surface area (Å²) in [5.74, 6) is -0.236. The maximum atomic E-state index is 11.9. The van der Waals surface area contributed by atoms with Crippen molar-refractivity contribution in [2.75, 3.05) is 18.0 Å². The third-order valence-corrected chi connectivity index (χ3v) is 2.83. The van der Waals surface area contributed by atoms with E-state index >= 15 is 0 Å². The van der Waals surface area contributed by atoms with Gasteiger partial charge >= 0.3 is 6.03 Å². The Morgan fingerprint density at radius 3 is 2.56 bits per heavy atom. The Hall–Kier alpha value is -1.55. The minimum absolute atomic E-state index is 0.126. The highest BCUT2D eigenvalue weighted by molar-refractivity contribution is 6.35. The molecule has 1 heterocycles. The number of hydrogen-bond acceptors (Lipinski definition) is 2. The molecule has 3 amide bonds. The van der Waals surface area contributed by atoms with E-state index in [2.05, 4.69) is 0 Å². The fraction of sp³-hybridized carbons (Fsp3) is 0.273. The second-order valence-corrected chi connectivity index (χ2v) is 3.88. The van der Waals surface area contributed by atoms with Crippen molar-refractivity contribution in [1.29, 1.82) is 0 Å². The van der Waals surface area contributed by atoms with Crippen LogP contribution in [0, 0.1) is 0 Å². The number of nitrogens with zero attached hydrogens (tertiary/aromatic N) is 2. The van der Waals surface area contributed by atoms with E-state index < -0.39 is 0 Å². The Morgan fingerprint density at radius 1 is 1.31 bits per heavy atom. The predicted molar refractivity (Wildman–Crippen MR) is 61.6 cm³/mol. The average Bonchev–Trinajstić information content (AvgIpc) is 2.55. The Balaban J connectivity index is 2.39. The largest absolute Gasteiger partial charge is 0.331 e. The molecule has 1 fully saturated rings. The second-order valence-electron chi connectivity index (χ2n) is 3.48. The molecular formula is C11H11ClN2O2. The van der Waals surface area contributed by atoms with E-state index in [1.807, 2.05) is 6.92 Å². The van der Waals surface area contributed by atoms with E-state index in [-0.39, 0.29) is 18.5 Å². The molecule has 4 nitrogen and oxygen atoms in total. The molecule has 1 aliphatic heterocycles. The lowest BCUT2D eigenvalue weighted by Crippen LogP contribution is -2.33. The fourth-order valence-corrected chi connectivity index (χ4v) is 1.89. The molecule has 0 spiro atoms. The van der Waals surface area contributed by atoms with Gasteiger partial charge in [0.25, 0.3) is 5.91 Å². The van der Waals surface area contributed by atoms with E-state index in [4.69, 9.17) is 11.6 Å². The summed E-state index contributed by atoms with van der Waals surface area (Å²) >= 11 is 5.96. The Kier molecular flexibility index (Phi) is 2.83. The topological polar surface area (TPSA) is 40.6 Å². The van der Waals surface area contributed by atoms with Crippen molar-refractivity contribution in [2.24, 2.45) is 0 Å². The van der Waals surface area contributed by atoms with Crippen molar-refractivity contribution in [2.45, 2.75) is 6.92 Å². The molecule has 0 aromatic heterocycles. The SMILES string of the molecule is CCN1CC(=O)N(c2ccccc2Cl)C1=O. The number of urea groups is 1. The van der Waals surface area contributed by atoms with Gasteiger partial charge in [0.15, 0.2) is 0 Å². The first-order chi connectivity index (χ1) is 7.65. The van der Waals surface area contributed by atoms with Crippen molar-refractivity contribution < 1.29 is 9.59 Å². The molecule has 1 saturated heterocycles. The maximum Gasteiger partial charge on any atom is 0.331 e. The third kappa shape index (κ3) is 1.65. The lowest BCUT2D eigenvalue weighted by molar-refractivity contribution is -0.116. The number of amides is 3. The van der Waals surface area contributed by atoms with Crippen LogP contribution in [0.25, 0.3) is 0 Å². The van der Waals surface area contributed by atoms with Crippen LogP contribution in [0.15, 0.2) is 24.3 Å². The van der Waals surface area contributed by atoms with Gasteiger partial charge in [0, 0.05) is 6.54 Å². The molecule has 1 aromatic carbocycles. The standard InChI is InChI=1S/C11H11ClN2O2/c1-2-13-7-10(15)14(11(13)16)9-6-4-3-5-8(9)12/h3-6H,2,7H2,1H3. The smallest absolute Gasteiger partial charge is 0.315 e. The zero-order valence-electron chi connectivity index (χ0n) is 8.81. The first-order valence-electron chi connectivity index (χ1n) is 5.01. The van der Waals surface area contributed by atoms with Crippen molar-refractivity contribution in [3.05, 3.63) is 29.3 Å². The lowest BCUT2D eigenvalue weighted by Gasteiger charge is -2.16. The summed E-state index contributed by atoms with van der Waals surface area (Å²) in [4.78, 5) is 26.2. The fourth-order valence-electron chi connectivity index (χ4n) is 1.67. The van der Waals surface area contributed by atoms with Gasteiger partial charge in [-0.25, -0.2) is 9.69 Å². The minimum atomic E-state index is -0.305. The number of para-hydroxylation sites is 1. The van der Waals surface area contributed by atoms with E-state index in [0.717, 1.165) is 4.90 Å². The van der Waals surface area contributed by atoms with Crippen LogP contribution in [0.2, 0.25) is 5.02 Å². The van der Waals surface area contributed by atoms with Gasteiger partial charge in [-0.3, -0.25) is 4.79 Å². The first-order valence-corrected chi connectivity index (χ1v) is 5.39. The number of benzene rings is 1. The molecule has 0 unspecified atom stereocenters. The van der Waals surface area contributed by atoms with Crippen LogP contribution < -0.4 is 4.90 Å². The number of carbonyl (C=O) groups is 2. The number of halogens is 1. The number of rotatable bonds is 2. The Labute approximate surface area is 98.4 Å². The molecular weight excluding hydrogens is 228 g/mol. The number of likely N-dealkylation sites (N-methyl/N-ethyl adjacent to an activating group) is 1. The van der Waals surface area contributed by atoms with Gasteiger partial charge < -0.3 is 4.90 Å². The summed E-state index contributed by atoms with van der Waals surface area (Å²) in [6, 6.07) is 6.52. The number of hydrogen-bond donors (Lipinski definition) is 0. The maximum absolute atomic E-state index is 11.9. The van der Waals surface area contributed by atoms with Gasteiger partial charge in [0.2, 0.25) is 0 Å². The van der Waals surface area contributed by atoms with E-state index in [1.165, 1.54) is 4.90 Å². The highest BCUT2D eigenvalue weighted by Crippen LogP contribution is 2.28. The summed E-state index contributed by atoms with van der Waals surface area (Å²) in [6.07, 6.45) is 0. The molecule has 0 bridgehead atoms. The highest BCUT2D eigenvalue weighted by atomic mass is 35.5. The summed E-state index contributed by atoms with van der Waals surface area (Å²) in [5, 5.41) is 0.405. The van der Waals surface area contributed by atoms with Gasteiger partial charge in [-0.05, 0) is 19.1 Å². The van der Waals surface area contributed by atoms with Crippen LogP contribution in [-0.4, -0.2) is 29.9 Å². The van der Waals surface area contributed by atoms with Crippen LogP contribution in [0.1, 0.15) is 6.92 Å². The monoisotopic (exact) mass is 238 g/mol. The van der Waals surface area contributed by atoms with E-state index in [1.54, 1.807) is 24.3 Å². The van der Waals surface area contributed by atoms with Gasteiger partial charge in [-0.15, -0.1) is 0 Å². The second kappa shape index (κ2) is 4.14. The van der Waals surface area contributed by atoms with Crippen molar-refractivity contribution >= 4 is 29.2 Å². The first kappa shape index (κ1) is 11.0. The molecule has 2 rings (SSSR count). The summed E-state index contributed by atoms with van der Waals surface area (Å²) in [5.41, 5.74) is 0.454. The van der Waals surface area contributed by atoms with Gasteiger partial charge in [-0.1, -0.05) is 23.7 Å². The molecule has 0 aliphatic carbocycles. The Morgan fingerprint density at radius 2 is 2.00 bits per heavy atom. The van der Waals surface area contributed by atoms with Crippen LogP contribution in [0.4, 0.5) is 10.5 Å². The van der Waals surface area contributed by atoms with Crippen LogP contribution in [0.3, 0.4) is 0 Å². The summed E-state index contributed by atoms with van der Waals surface area (Å²) in [6.45, 7) is 2.48. The molecule has 84 valence electrons. The lowest BCUT2D eigenvalue weighted by atomic mass is 10.3. The quantitative estimate of drug-likeness (QED) is 0.741. The van der Waals surface area contributed by atoms with Crippen molar-refractivity contribution in [1.82, 2.24) is 4.90 Å². The van der Waals surface area contributed by atoms with Crippen LogP contribution in [-0.2, 0) is 4.79 Å². The van der Waals surface area contributed by atoms with Gasteiger partial charge in [-0.2, -0.15) is 0 Å². The van der Waals surface area contributed by atoms with Crippen molar-refractivity contribution in [3.8, 4) is 0 Å². The summed E-state index contributed by atoms with van der Waals surface area (Å²) < 4.78 is 0. The number of anilines is 1. The zero-order valence-corrected chi connectivity index (χ0v) is 9.57. The van der Waals surface area contributed by atoms with Crippen LogP contribution >= 0.6 is 11.6 Å². The number of carbonyl (C=O) groups excluding carboxylic acids is 2. The Bertz CT molecular complexity index is 447. The van der Waals surface area contributed by atoms with Gasteiger partial charge in [0.05, 0.1) is 10.7 Å². The van der Waals surface area contributed by atoms with E-state index in [0.29, 0.717) is 17.3 Å². The average molecular weight is 239 g/mol. The van der Waals surface area contributed by atoms with Crippen LogP contribution in [0.5, 0.6) is 0 Å². The molecule has 0 radical (unpaired) electrons. The molecule has 0 N–H and O–H groups in total. The normalized spacial score (nSPS) is 16.1. The van der Waals surface area contributed by atoms with Crippen molar-refractivity contribution in [3.63, 3.8) is 0 Å². The molecule has 0 saturated carbocycles. The minimum Gasteiger partial charge on any atom is -0.315 e. The summed E-state index contributed by atoms with van der Waals surface area (Å²) in [7, 11) is 0. The molecule has 0 atom stereocenters. The van der Waals surface area contributed by atoms with E-state index in [9.17, 15) is 9.59 Å².